The molecule has 0 bridgehead atoms. The molecule has 2 aliphatic rings. The van der Waals surface area contributed by atoms with E-state index in [0.717, 1.165) is 40.9 Å². The molecule has 0 saturated carbocycles. The SMILES string of the molecule is CC1(C)c2cc3ccccc3cc2-c2ccc3c(c21)c1cc2c(cc1n3-c1cc(-c3cccnc3)cc(-c3ccccn3)c1)CCC=C2. The van der Waals surface area contributed by atoms with Crippen LogP contribution in [0.5, 0.6) is 0 Å². The van der Waals surface area contributed by atoms with Crippen molar-refractivity contribution in [1.82, 2.24) is 14.5 Å². The molecule has 228 valence electrons. The number of fused-ring (bicyclic) bond motifs is 9. The fourth-order valence-corrected chi connectivity index (χ4v) is 8.42. The molecule has 10 rings (SSSR count). The number of hydrogen-bond acceptors (Lipinski definition) is 2. The van der Waals surface area contributed by atoms with Crippen LogP contribution in [-0.4, -0.2) is 14.5 Å². The molecule has 0 saturated heterocycles. The van der Waals surface area contributed by atoms with E-state index in [2.05, 4.69) is 133 Å². The molecule has 3 aromatic heterocycles. The third-order valence-electron chi connectivity index (χ3n) is 10.7. The summed E-state index contributed by atoms with van der Waals surface area (Å²) in [6, 6.07) is 40.4. The van der Waals surface area contributed by atoms with Crippen LogP contribution < -0.4 is 0 Å². The summed E-state index contributed by atoms with van der Waals surface area (Å²) >= 11 is 0. The zero-order valence-corrected chi connectivity index (χ0v) is 27.0. The highest BCUT2D eigenvalue weighted by atomic mass is 15.0. The van der Waals surface area contributed by atoms with Gasteiger partial charge in [-0.1, -0.05) is 68.5 Å². The summed E-state index contributed by atoms with van der Waals surface area (Å²) in [5.41, 5.74) is 16.0. The first-order valence-electron chi connectivity index (χ1n) is 16.9. The molecular formula is C45H33N3. The van der Waals surface area contributed by atoms with Crippen molar-refractivity contribution in [1.29, 1.82) is 0 Å². The van der Waals surface area contributed by atoms with E-state index in [-0.39, 0.29) is 5.41 Å². The molecule has 3 heterocycles. The first kappa shape index (κ1) is 27.3. The fraction of sp³-hybridized carbons (Fsp3) is 0.111. The molecular weight excluding hydrogens is 583 g/mol. The number of rotatable bonds is 3. The highest BCUT2D eigenvalue weighted by molar-refractivity contribution is 6.15. The van der Waals surface area contributed by atoms with Gasteiger partial charge in [0.2, 0.25) is 0 Å². The molecule has 0 N–H and O–H groups in total. The van der Waals surface area contributed by atoms with Gasteiger partial charge in [0.25, 0.3) is 0 Å². The summed E-state index contributed by atoms with van der Waals surface area (Å²) in [4.78, 5) is 9.24. The van der Waals surface area contributed by atoms with Crippen molar-refractivity contribution >= 4 is 38.7 Å². The molecule has 0 fully saturated rings. The lowest BCUT2D eigenvalue weighted by atomic mass is 9.80. The molecule has 48 heavy (non-hydrogen) atoms. The predicted molar refractivity (Wildman–Crippen MR) is 200 cm³/mol. The van der Waals surface area contributed by atoms with E-state index in [0.29, 0.717) is 0 Å². The van der Waals surface area contributed by atoms with E-state index < -0.39 is 0 Å². The molecule has 0 amide bonds. The number of aryl methyl sites for hydroxylation is 1. The summed E-state index contributed by atoms with van der Waals surface area (Å²) in [6.07, 6.45) is 12.4. The third kappa shape index (κ3) is 3.94. The maximum atomic E-state index is 4.77. The number of hydrogen-bond donors (Lipinski definition) is 0. The van der Waals surface area contributed by atoms with Crippen LogP contribution in [0.15, 0.2) is 134 Å². The maximum absolute atomic E-state index is 4.77. The van der Waals surface area contributed by atoms with Crippen molar-refractivity contribution in [2.24, 2.45) is 0 Å². The average Bonchev–Trinajstić information content (AvgIpc) is 3.57. The minimum absolute atomic E-state index is 0.171. The summed E-state index contributed by atoms with van der Waals surface area (Å²) in [6.45, 7) is 4.82. The molecule has 0 radical (unpaired) electrons. The molecule has 2 aliphatic carbocycles. The molecule has 3 heteroatoms. The first-order valence-corrected chi connectivity index (χ1v) is 16.9. The number of aromatic nitrogens is 3. The Kier molecular flexibility index (Phi) is 5.75. The van der Waals surface area contributed by atoms with Gasteiger partial charge < -0.3 is 4.57 Å². The van der Waals surface area contributed by atoms with Crippen molar-refractivity contribution in [2.75, 3.05) is 0 Å². The zero-order valence-electron chi connectivity index (χ0n) is 27.0. The lowest BCUT2D eigenvalue weighted by molar-refractivity contribution is 0.667. The lowest BCUT2D eigenvalue weighted by Gasteiger charge is -2.23. The smallest absolute Gasteiger partial charge is 0.0702 e. The summed E-state index contributed by atoms with van der Waals surface area (Å²) in [5.74, 6) is 0. The second kappa shape index (κ2) is 10.1. The van der Waals surface area contributed by atoms with Crippen molar-refractivity contribution in [3.05, 3.63) is 156 Å². The van der Waals surface area contributed by atoms with Gasteiger partial charge in [-0.05, 0) is 129 Å². The monoisotopic (exact) mass is 615 g/mol. The van der Waals surface area contributed by atoms with Gasteiger partial charge in [0.1, 0.15) is 0 Å². The minimum Gasteiger partial charge on any atom is -0.309 e. The minimum atomic E-state index is -0.171. The van der Waals surface area contributed by atoms with Crippen LogP contribution in [0.25, 0.3) is 77.9 Å². The fourth-order valence-electron chi connectivity index (χ4n) is 8.42. The van der Waals surface area contributed by atoms with Crippen molar-refractivity contribution in [2.45, 2.75) is 32.1 Å². The van der Waals surface area contributed by atoms with E-state index in [1.807, 2.05) is 30.7 Å². The molecule has 3 nitrogen and oxygen atoms in total. The highest BCUT2D eigenvalue weighted by Gasteiger charge is 2.38. The zero-order chi connectivity index (χ0) is 32.0. The number of nitrogens with zero attached hydrogens (tertiary/aromatic N) is 3. The molecule has 0 unspecified atom stereocenters. The van der Waals surface area contributed by atoms with Gasteiger partial charge in [0.15, 0.2) is 0 Å². The Balaban J connectivity index is 1.32. The highest BCUT2D eigenvalue weighted by Crippen LogP contribution is 2.54. The molecule has 8 aromatic rings. The first-order chi connectivity index (χ1) is 23.5. The van der Waals surface area contributed by atoms with Crippen LogP contribution in [0.3, 0.4) is 0 Å². The van der Waals surface area contributed by atoms with E-state index in [1.165, 1.54) is 66.0 Å². The number of benzene rings is 5. The molecule has 0 spiro atoms. The largest absolute Gasteiger partial charge is 0.309 e. The van der Waals surface area contributed by atoms with Gasteiger partial charge in [-0.25, -0.2) is 0 Å². The summed E-state index contributed by atoms with van der Waals surface area (Å²) < 4.78 is 2.51. The van der Waals surface area contributed by atoms with Crippen LogP contribution in [0.2, 0.25) is 0 Å². The molecule has 0 atom stereocenters. The van der Waals surface area contributed by atoms with Gasteiger partial charge in [0.05, 0.1) is 16.7 Å². The number of allylic oxidation sites excluding steroid dienone is 1. The summed E-state index contributed by atoms with van der Waals surface area (Å²) in [5, 5.41) is 5.24. The van der Waals surface area contributed by atoms with E-state index >= 15 is 0 Å². The molecule has 5 aromatic carbocycles. The Bertz CT molecular complexity index is 2570. The normalized spacial score (nSPS) is 14.4. The standard InChI is InChI=1S/C45H33N3/c1-45(2)39-25-30-12-5-3-10-28(30)23-37(39)36-16-17-41-43(44(36)45)38-24-29-11-4-6-13-31(29)26-42(38)48(41)35-21-33(32-14-9-18-46-27-32)20-34(22-35)40-15-7-8-19-47-40/h3-5,7-12,14-27H,6,13H2,1-2H3. The topological polar surface area (TPSA) is 30.7 Å². The third-order valence-corrected chi connectivity index (χ3v) is 10.7. The van der Waals surface area contributed by atoms with Gasteiger partial charge in [-0.2, -0.15) is 0 Å². The van der Waals surface area contributed by atoms with E-state index in [9.17, 15) is 0 Å². The number of pyridine rings is 2. The Morgan fingerprint density at radius 1 is 0.688 bits per heavy atom. The lowest BCUT2D eigenvalue weighted by Crippen LogP contribution is -2.15. The van der Waals surface area contributed by atoms with Gasteiger partial charge >= 0.3 is 0 Å². The maximum Gasteiger partial charge on any atom is 0.0702 e. The van der Waals surface area contributed by atoms with Crippen LogP contribution in [0.4, 0.5) is 0 Å². The Morgan fingerprint density at radius 3 is 2.38 bits per heavy atom. The quantitative estimate of drug-likeness (QED) is 0.198. The van der Waals surface area contributed by atoms with E-state index in [1.54, 1.807) is 0 Å². The van der Waals surface area contributed by atoms with Gasteiger partial charge in [0, 0.05) is 51.6 Å². The van der Waals surface area contributed by atoms with Crippen molar-refractivity contribution in [3.63, 3.8) is 0 Å². The Hall–Kier alpha value is -5.80. The average molecular weight is 616 g/mol. The predicted octanol–water partition coefficient (Wildman–Crippen LogP) is 11.3. The van der Waals surface area contributed by atoms with Gasteiger partial charge in [-0.3, -0.25) is 9.97 Å². The van der Waals surface area contributed by atoms with Crippen LogP contribution in [0, 0.1) is 0 Å². The molecule has 0 aliphatic heterocycles. The Morgan fingerprint density at radius 2 is 1.54 bits per heavy atom. The summed E-state index contributed by atoms with van der Waals surface area (Å²) in [7, 11) is 0. The Labute approximate surface area is 279 Å². The second-order valence-electron chi connectivity index (χ2n) is 13.8. The van der Waals surface area contributed by atoms with Crippen molar-refractivity contribution < 1.29 is 0 Å². The van der Waals surface area contributed by atoms with Crippen LogP contribution in [0.1, 0.15) is 42.5 Å². The van der Waals surface area contributed by atoms with Crippen molar-refractivity contribution in [3.8, 4) is 39.2 Å². The van der Waals surface area contributed by atoms with Crippen LogP contribution >= 0.6 is 0 Å². The second-order valence-corrected chi connectivity index (χ2v) is 13.8. The van der Waals surface area contributed by atoms with E-state index in [4.69, 9.17) is 4.98 Å². The van der Waals surface area contributed by atoms with Crippen LogP contribution in [-0.2, 0) is 11.8 Å². The van der Waals surface area contributed by atoms with Gasteiger partial charge in [-0.15, -0.1) is 0 Å².